The van der Waals surface area contributed by atoms with Crippen LogP contribution in [-0.4, -0.2) is 22.3 Å². The molecule has 0 radical (unpaired) electrons. The molecule has 7 heteroatoms. The summed E-state index contributed by atoms with van der Waals surface area (Å²) in [7, 11) is -3.18. The van der Waals surface area contributed by atoms with Gasteiger partial charge in [-0.15, -0.1) is 0 Å². The molecule has 44 heavy (non-hydrogen) atoms. The Kier molecular flexibility index (Phi) is 15.2. The van der Waals surface area contributed by atoms with E-state index in [0.717, 1.165) is 14.7 Å². The van der Waals surface area contributed by atoms with Gasteiger partial charge in [-0.1, -0.05) is 153 Å². The maximum atomic E-state index is 8.87. The molecule has 0 aromatic heterocycles. The molecule has 0 fully saturated rings. The summed E-state index contributed by atoms with van der Waals surface area (Å²) in [5, 5.41) is 14.0. The molecule has 0 saturated carbocycles. The summed E-state index contributed by atoms with van der Waals surface area (Å²) in [6, 6.07) is 56.7. The number of halogens is 3. The van der Waals surface area contributed by atoms with Crippen molar-refractivity contribution < 1.29 is 9.53 Å². The molecule has 0 spiro atoms. The first-order chi connectivity index (χ1) is 21.0. The predicted octanol–water partition coefficient (Wildman–Crippen LogP) is 7.92. The van der Waals surface area contributed by atoms with Crippen LogP contribution < -0.4 is 25.2 Å². The second-order valence-electron chi connectivity index (χ2n) is 9.39. The van der Waals surface area contributed by atoms with Crippen LogP contribution in [0.2, 0.25) is 0 Å². The van der Waals surface area contributed by atoms with Crippen LogP contribution in [0.4, 0.5) is 0 Å². The lowest BCUT2D eigenvalue weighted by atomic mass is 10.3. The van der Waals surface area contributed by atoms with Crippen molar-refractivity contribution in [3.05, 3.63) is 179 Å². The second-order valence-corrected chi connectivity index (χ2v) is 16.8. The van der Waals surface area contributed by atoms with E-state index in [0.29, 0.717) is 0 Å². The standard InChI is InChI=1S/C18H15BrOSi.C12H11ClSi.C6H5BrO.CH4/c19-17-13-7-8-14-18(17)20-21(15-9-3-1-4-10-15)16-11-5-2-6-12-16;13-14(11-7-3-1-4-8-11)12-9-5-2-6-10-12;7-5-3-1-2-4-6(5)8;/h1-14,21H;1-10,14H;1-4,8H;1H4. The van der Waals surface area contributed by atoms with E-state index >= 15 is 0 Å². The Morgan fingerprint density at radius 2 is 0.795 bits per heavy atom. The van der Waals surface area contributed by atoms with Crippen molar-refractivity contribution in [1.29, 1.82) is 0 Å². The minimum Gasteiger partial charge on any atom is -0.537 e. The molecular formula is C37H35Br2ClO2Si2. The maximum Gasteiger partial charge on any atom is 0.299 e. The zero-order chi connectivity index (χ0) is 30.3. The minimum atomic E-state index is -1.74. The molecule has 0 saturated heterocycles. The van der Waals surface area contributed by atoms with Crippen molar-refractivity contribution in [3.63, 3.8) is 0 Å². The summed E-state index contributed by atoms with van der Waals surface area (Å²) in [5.74, 6) is 1.19. The molecule has 0 aliphatic rings. The van der Waals surface area contributed by atoms with Gasteiger partial charge in [-0.05, 0) is 76.9 Å². The Morgan fingerprint density at radius 1 is 0.455 bits per heavy atom. The number of para-hydroxylation sites is 2. The van der Waals surface area contributed by atoms with Crippen LogP contribution in [-0.2, 0) is 0 Å². The van der Waals surface area contributed by atoms with Gasteiger partial charge >= 0.3 is 0 Å². The van der Waals surface area contributed by atoms with Crippen LogP contribution in [0.1, 0.15) is 7.43 Å². The normalized spacial score (nSPS) is 10.0. The van der Waals surface area contributed by atoms with Crippen molar-refractivity contribution in [1.82, 2.24) is 0 Å². The monoisotopic (exact) mass is 760 g/mol. The molecule has 6 rings (SSSR count). The number of hydrogen-bond acceptors (Lipinski definition) is 2. The highest BCUT2D eigenvalue weighted by molar-refractivity contribution is 9.10. The SMILES string of the molecule is Brc1ccccc1O[SiH](c1ccccc1)c1ccccc1.C.Cl[SiH](c1ccccc1)c1ccccc1.Oc1ccccc1Br. The number of phenols is 1. The van der Waals surface area contributed by atoms with E-state index in [2.05, 4.69) is 105 Å². The average molecular weight is 763 g/mol. The van der Waals surface area contributed by atoms with E-state index in [1.165, 1.54) is 20.7 Å². The summed E-state index contributed by atoms with van der Waals surface area (Å²) in [5.41, 5.74) is 0. The van der Waals surface area contributed by atoms with Gasteiger partial charge < -0.3 is 9.53 Å². The summed E-state index contributed by atoms with van der Waals surface area (Å²) >= 11 is 13.2. The van der Waals surface area contributed by atoms with Crippen molar-refractivity contribution >= 4 is 80.8 Å². The smallest absolute Gasteiger partial charge is 0.299 e. The topological polar surface area (TPSA) is 29.5 Å². The van der Waals surface area contributed by atoms with Crippen LogP contribution in [0.25, 0.3) is 0 Å². The average Bonchev–Trinajstić information content (AvgIpc) is 3.07. The third kappa shape index (κ3) is 11.0. The molecule has 0 heterocycles. The first kappa shape index (κ1) is 35.1. The molecule has 0 aliphatic carbocycles. The Hall–Kier alpha value is -3.40. The van der Waals surface area contributed by atoms with Gasteiger partial charge in [-0.2, -0.15) is 11.1 Å². The van der Waals surface area contributed by atoms with Gasteiger partial charge in [0.2, 0.25) is 8.11 Å². The van der Waals surface area contributed by atoms with Crippen LogP contribution in [0, 0.1) is 0 Å². The fraction of sp³-hybridized carbons (Fsp3) is 0.0270. The summed E-state index contributed by atoms with van der Waals surface area (Å²) in [6.07, 6.45) is 0. The van der Waals surface area contributed by atoms with Gasteiger partial charge in [0.25, 0.3) is 9.04 Å². The zero-order valence-electron chi connectivity index (χ0n) is 23.3. The van der Waals surface area contributed by atoms with Gasteiger partial charge in [0.1, 0.15) is 11.5 Å². The summed E-state index contributed by atoms with van der Waals surface area (Å²) < 4.78 is 8.14. The van der Waals surface area contributed by atoms with Gasteiger partial charge in [0.05, 0.1) is 8.95 Å². The van der Waals surface area contributed by atoms with Crippen LogP contribution in [0.15, 0.2) is 179 Å². The third-order valence-electron chi connectivity index (χ3n) is 6.32. The van der Waals surface area contributed by atoms with Crippen molar-refractivity contribution in [2.24, 2.45) is 0 Å². The Labute approximate surface area is 286 Å². The van der Waals surface area contributed by atoms with Crippen molar-refractivity contribution in [2.75, 3.05) is 0 Å². The molecule has 6 aromatic carbocycles. The first-order valence-corrected chi connectivity index (χ1v) is 19.8. The first-order valence-electron chi connectivity index (χ1n) is 13.7. The van der Waals surface area contributed by atoms with E-state index in [4.69, 9.17) is 20.6 Å². The lowest BCUT2D eigenvalue weighted by molar-refractivity contribution is 0.472. The van der Waals surface area contributed by atoms with Crippen LogP contribution in [0.5, 0.6) is 11.5 Å². The maximum absolute atomic E-state index is 8.87. The van der Waals surface area contributed by atoms with Crippen molar-refractivity contribution in [3.8, 4) is 11.5 Å². The molecular weight excluding hydrogens is 728 g/mol. The van der Waals surface area contributed by atoms with Gasteiger partial charge in [0.15, 0.2) is 0 Å². The highest BCUT2D eigenvalue weighted by atomic mass is 79.9. The minimum absolute atomic E-state index is 0. The number of phenolic OH excluding ortho intramolecular Hbond substituents is 1. The van der Waals surface area contributed by atoms with E-state index in [-0.39, 0.29) is 13.2 Å². The highest BCUT2D eigenvalue weighted by Gasteiger charge is 2.20. The number of hydrogen-bond donors (Lipinski definition) is 1. The number of rotatable bonds is 6. The van der Waals surface area contributed by atoms with Crippen LogP contribution >= 0.6 is 42.9 Å². The second kappa shape index (κ2) is 19.1. The lowest BCUT2D eigenvalue weighted by Crippen LogP contribution is -2.47. The van der Waals surface area contributed by atoms with Crippen molar-refractivity contribution in [2.45, 2.75) is 7.43 Å². The third-order valence-corrected chi connectivity index (χ3v) is 13.6. The quantitative estimate of drug-likeness (QED) is 0.138. The molecule has 0 aliphatic heterocycles. The fourth-order valence-electron chi connectivity index (χ4n) is 4.14. The molecule has 0 amide bonds. The fourth-order valence-corrected chi connectivity index (χ4v) is 9.61. The molecule has 0 unspecified atom stereocenters. The van der Waals surface area contributed by atoms with Gasteiger partial charge in [-0.3, -0.25) is 0 Å². The summed E-state index contributed by atoms with van der Waals surface area (Å²) in [4.78, 5) is 0. The highest BCUT2D eigenvalue weighted by Crippen LogP contribution is 2.24. The van der Waals surface area contributed by atoms with E-state index in [1.807, 2.05) is 78.9 Å². The predicted molar refractivity (Wildman–Crippen MR) is 202 cm³/mol. The molecule has 2 nitrogen and oxygen atoms in total. The largest absolute Gasteiger partial charge is 0.537 e. The molecule has 1 N–H and O–H groups in total. The molecule has 224 valence electrons. The molecule has 0 atom stereocenters. The van der Waals surface area contributed by atoms with E-state index < -0.39 is 17.1 Å². The summed E-state index contributed by atoms with van der Waals surface area (Å²) in [6.45, 7) is 0. The number of aromatic hydroxyl groups is 1. The number of benzene rings is 6. The Balaban J connectivity index is 0.000000198. The molecule has 6 aromatic rings. The van der Waals surface area contributed by atoms with E-state index in [9.17, 15) is 0 Å². The lowest BCUT2D eigenvalue weighted by Gasteiger charge is -2.19. The Bertz CT molecular complexity index is 1540. The van der Waals surface area contributed by atoms with Crippen LogP contribution in [0.3, 0.4) is 0 Å². The Morgan fingerprint density at radius 3 is 1.16 bits per heavy atom. The van der Waals surface area contributed by atoms with Gasteiger partial charge in [0, 0.05) is 0 Å². The van der Waals surface area contributed by atoms with Gasteiger partial charge in [-0.25, -0.2) is 0 Å². The zero-order valence-corrected chi connectivity index (χ0v) is 29.5. The molecule has 0 bridgehead atoms. The van der Waals surface area contributed by atoms with E-state index in [1.54, 1.807) is 18.2 Å².